The van der Waals surface area contributed by atoms with Crippen molar-refractivity contribution in [2.75, 3.05) is 24.3 Å². The summed E-state index contributed by atoms with van der Waals surface area (Å²) in [6.45, 7) is 4.54. The van der Waals surface area contributed by atoms with Crippen molar-refractivity contribution >= 4 is 17.5 Å². The van der Waals surface area contributed by atoms with E-state index in [1.807, 2.05) is 45.0 Å². The van der Waals surface area contributed by atoms with E-state index < -0.39 is 0 Å². The van der Waals surface area contributed by atoms with E-state index in [2.05, 4.69) is 27.5 Å². The largest absolute Gasteiger partial charge is 0.461 e. The Morgan fingerprint density at radius 2 is 1.96 bits per heavy atom. The first-order chi connectivity index (χ1) is 12.9. The first-order valence-corrected chi connectivity index (χ1v) is 8.98. The van der Waals surface area contributed by atoms with Crippen molar-refractivity contribution in [3.8, 4) is 11.6 Å². The number of nitrogens with one attached hydrogen (secondary N) is 1. The predicted molar refractivity (Wildman–Crippen MR) is 106 cm³/mol. The fourth-order valence-corrected chi connectivity index (χ4v) is 2.64. The molecule has 0 aliphatic carbocycles. The highest BCUT2D eigenvalue weighted by atomic mass is 16.3. The number of carbonyl (C=O) groups excluding carboxylic acids is 1. The second kappa shape index (κ2) is 8.07. The lowest BCUT2D eigenvalue weighted by Crippen LogP contribution is -2.18. The fraction of sp³-hybridized carbons (Fsp3) is 0.350. The summed E-state index contributed by atoms with van der Waals surface area (Å²) < 4.78 is 6.70. The normalized spacial score (nSPS) is 11.0. The van der Waals surface area contributed by atoms with Gasteiger partial charge in [-0.25, -0.2) is 0 Å². The van der Waals surface area contributed by atoms with Crippen LogP contribution in [0.2, 0.25) is 0 Å². The van der Waals surface area contributed by atoms with Gasteiger partial charge in [-0.15, -0.1) is 5.10 Å². The standard InChI is InChI=1S/C20H25N5O2/c1-14(2)12-18(26)25-20(22-19(23-25)17-6-5-11-27-17)21-13-15-7-9-16(10-8-15)24(3)4/h5-11,14H,12-13H2,1-4H3,(H,21,22,23). The van der Waals surface area contributed by atoms with E-state index in [4.69, 9.17) is 4.42 Å². The molecule has 0 atom stereocenters. The fourth-order valence-electron chi connectivity index (χ4n) is 2.64. The molecule has 0 unspecified atom stereocenters. The zero-order valence-corrected chi connectivity index (χ0v) is 16.1. The molecule has 2 heterocycles. The Labute approximate surface area is 159 Å². The molecule has 1 N–H and O–H groups in total. The van der Waals surface area contributed by atoms with Crippen molar-refractivity contribution in [2.24, 2.45) is 5.92 Å². The van der Waals surface area contributed by atoms with E-state index in [-0.39, 0.29) is 11.8 Å². The second-order valence-electron chi connectivity index (χ2n) is 7.05. The molecule has 3 rings (SSSR count). The van der Waals surface area contributed by atoms with Crippen LogP contribution >= 0.6 is 0 Å². The SMILES string of the molecule is CC(C)CC(=O)n1nc(-c2ccco2)nc1NCc1ccc(N(C)C)cc1. The van der Waals surface area contributed by atoms with Gasteiger partial charge in [-0.3, -0.25) is 4.79 Å². The van der Waals surface area contributed by atoms with Crippen LogP contribution in [-0.4, -0.2) is 34.8 Å². The predicted octanol–water partition coefficient (Wildman–Crippen LogP) is 3.90. The number of nitrogens with zero attached hydrogens (tertiary/aromatic N) is 4. The molecule has 142 valence electrons. The number of furan rings is 1. The molecule has 0 bridgehead atoms. The highest BCUT2D eigenvalue weighted by molar-refractivity contribution is 5.81. The minimum atomic E-state index is -0.0965. The van der Waals surface area contributed by atoms with Gasteiger partial charge in [-0.2, -0.15) is 9.67 Å². The van der Waals surface area contributed by atoms with Crippen molar-refractivity contribution in [3.05, 3.63) is 48.2 Å². The van der Waals surface area contributed by atoms with Crippen LogP contribution in [0, 0.1) is 5.92 Å². The third-order valence-corrected chi connectivity index (χ3v) is 4.07. The smallest absolute Gasteiger partial charge is 0.250 e. The monoisotopic (exact) mass is 367 g/mol. The molecule has 27 heavy (non-hydrogen) atoms. The molecule has 7 heteroatoms. The van der Waals surface area contributed by atoms with Crippen molar-refractivity contribution in [1.29, 1.82) is 0 Å². The third-order valence-electron chi connectivity index (χ3n) is 4.07. The van der Waals surface area contributed by atoms with Gasteiger partial charge in [-0.1, -0.05) is 26.0 Å². The molecule has 0 radical (unpaired) electrons. The van der Waals surface area contributed by atoms with Gasteiger partial charge in [0.15, 0.2) is 5.76 Å². The maximum atomic E-state index is 12.6. The van der Waals surface area contributed by atoms with Gasteiger partial charge >= 0.3 is 0 Å². The zero-order chi connectivity index (χ0) is 19.4. The van der Waals surface area contributed by atoms with Crippen LogP contribution in [0.4, 0.5) is 11.6 Å². The molecule has 0 saturated carbocycles. The third kappa shape index (κ3) is 4.55. The lowest BCUT2D eigenvalue weighted by Gasteiger charge is -2.13. The highest BCUT2D eigenvalue weighted by Crippen LogP contribution is 2.20. The number of carbonyl (C=O) groups is 1. The van der Waals surface area contributed by atoms with Crippen LogP contribution in [0.25, 0.3) is 11.6 Å². The van der Waals surface area contributed by atoms with Crippen LogP contribution in [0.3, 0.4) is 0 Å². The molecule has 0 fully saturated rings. The number of hydrogen-bond donors (Lipinski definition) is 1. The zero-order valence-electron chi connectivity index (χ0n) is 16.1. The summed E-state index contributed by atoms with van der Waals surface area (Å²) in [6.07, 6.45) is 1.96. The van der Waals surface area contributed by atoms with Gasteiger partial charge in [0, 0.05) is 32.7 Å². The first kappa shape index (κ1) is 18.7. The quantitative estimate of drug-likeness (QED) is 0.682. The van der Waals surface area contributed by atoms with Crippen LogP contribution in [0.1, 0.15) is 30.6 Å². The Bertz CT molecular complexity index is 880. The van der Waals surface area contributed by atoms with E-state index in [1.54, 1.807) is 18.4 Å². The summed E-state index contributed by atoms with van der Waals surface area (Å²) in [5.41, 5.74) is 2.22. The Morgan fingerprint density at radius 1 is 1.22 bits per heavy atom. The van der Waals surface area contributed by atoms with Crippen molar-refractivity contribution in [2.45, 2.75) is 26.8 Å². The molecule has 0 spiro atoms. The van der Waals surface area contributed by atoms with E-state index in [1.165, 1.54) is 4.68 Å². The van der Waals surface area contributed by atoms with Gasteiger partial charge < -0.3 is 14.6 Å². The van der Waals surface area contributed by atoms with Crippen LogP contribution < -0.4 is 10.2 Å². The topological polar surface area (TPSA) is 76.2 Å². The number of benzene rings is 1. The Hall–Kier alpha value is -3.09. The summed E-state index contributed by atoms with van der Waals surface area (Å²) in [5, 5.41) is 7.58. The van der Waals surface area contributed by atoms with E-state index in [9.17, 15) is 4.79 Å². The van der Waals surface area contributed by atoms with Crippen LogP contribution in [0.5, 0.6) is 0 Å². The summed E-state index contributed by atoms with van der Waals surface area (Å²) in [5.74, 6) is 1.48. The maximum Gasteiger partial charge on any atom is 0.250 e. The summed E-state index contributed by atoms with van der Waals surface area (Å²) >= 11 is 0. The lowest BCUT2D eigenvalue weighted by molar-refractivity contribution is 0.0873. The Kier molecular flexibility index (Phi) is 5.59. The van der Waals surface area contributed by atoms with E-state index in [0.717, 1.165) is 11.3 Å². The molecule has 3 aromatic rings. The summed E-state index contributed by atoms with van der Waals surface area (Å²) in [4.78, 5) is 19.1. The number of hydrogen-bond acceptors (Lipinski definition) is 6. The number of aromatic nitrogens is 3. The molecule has 2 aromatic heterocycles. The minimum absolute atomic E-state index is 0.0965. The van der Waals surface area contributed by atoms with Crippen molar-refractivity contribution < 1.29 is 9.21 Å². The second-order valence-corrected chi connectivity index (χ2v) is 7.05. The molecule has 0 saturated heterocycles. The van der Waals surface area contributed by atoms with Gasteiger partial charge in [-0.05, 0) is 35.7 Å². The van der Waals surface area contributed by atoms with Gasteiger partial charge in [0.1, 0.15) is 0 Å². The average molecular weight is 367 g/mol. The molecule has 0 aliphatic rings. The molecular formula is C20H25N5O2. The van der Waals surface area contributed by atoms with Crippen molar-refractivity contribution in [1.82, 2.24) is 14.8 Å². The van der Waals surface area contributed by atoms with Crippen LogP contribution in [0.15, 0.2) is 47.1 Å². The minimum Gasteiger partial charge on any atom is -0.461 e. The molecule has 7 nitrogen and oxygen atoms in total. The average Bonchev–Trinajstić information content (AvgIpc) is 3.29. The van der Waals surface area contributed by atoms with Crippen LogP contribution in [-0.2, 0) is 6.54 Å². The van der Waals surface area contributed by atoms with Gasteiger partial charge in [0.2, 0.25) is 17.7 Å². The Morgan fingerprint density at radius 3 is 2.56 bits per heavy atom. The molecular weight excluding hydrogens is 342 g/mol. The Balaban J connectivity index is 1.81. The maximum absolute atomic E-state index is 12.6. The van der Waals surface area contributed by atoms with E-state index in [0.29, 0.717) is 30.5 Å². The first-order valence-electron chi connectivity index (χ1n) is 8.98. The number of rotatable bonds is 7. The molecule has 1 aromatic carbocycles. The number of anilines is 2. The van der Waals surface area contributed by atoms with Crippen molar-refractivity contribution in [3.63, 3.8) is 0 Å². The van der Waals surface area contributed by atoms with E-state index >= 15 is 0 Å². The van der Waals surface area contributed by atoms with Gasteiger partial charge in [0.25, 0.3) is 0 Å². The lowest BCUT2D eigenvalue weighted by atomic mass is 10.1. The van der Waals surface area contributed by atoms with Gasteiger partial charge in [0.05, 0.1) is 6.26 Å². The molecule has 0 aliphatic heterocycles. The summed E-state index contributed by atoms with van der Waals surface area (Å²) in [7, 11) is 4.01. The molecule has 0 amide bonds. The highest BCUT2D eigenvalue weighted by Gasteiger charge is 2.19. The summed E-state index contributed by atoms with van der Waals surface area (Å²) in [6, 6.07) is 11.8.